The lowest BCUT2D eigenvalue weighted by atomic mass is 10.1. The van der Waals surface area contributed by atoms with Crippen LogP contribution < -0.4 is 5.32 Å². The molecule has 0 amide bonds. The van der Waals surface area contributed by atoms with E-state index in [1.165, 1.54) is 0 Å². The van der Waals surface area contributed by atoms with Crippen LogP contribution in [0, 0.1) is 11.6 Å². The lowest BCUT2D eigenvalue weighted by Gasteiger charge is -2.12. The second-order valence-electron chi connectivity index (χ2n) is 4.23. The number of halogens is 2. The van der Waals surface area contributed by atoms with Gasteiger partial charge in [-0.25, -0.2) is 17.2 Å². The van der Waals surface area contributed by atoms with E-state index >= 15 is 0 Å². The van der Waals surface area contributed by atoms with Crippen LogP contribution in [-0.4, -0.2) is 21.2 Å². The van der Waals surface area contributed by atoms with Crippen molar-refractivity contribution in [1.29, 1.82) is 0 Å². The lowest BCUT2D eigenvalue weighted by molar-refractivity contribution is 0.512. The van der Waals surface area contributed by atoms with Gasteiger partial charge in [0.15, 0.2) is 9.84 Å². The van der Waals surface area contributed by atoms with E-state index in [9.17, 15) is 17.2 Å². The molecule has 0 aromatic heterocycles. The average Bonchev–Trinajstić information content (AvgIpc) is 2.66. The van der Waals surface area contributed by atoms with Crippen LogP contribution in [0.15, 0.2) is 17.0 Å². The Morgan fingerprint density at radius 2 is 1.88 bits per heavy atom. The van der Waals surface area contributed by atoms with E-state index in [0.29, 0.717) is 5.56 Å². The minimum atomic E-state index is -3.87. The summed E-state index contributed by atoms with van der Waals surface area (Å²) in [5, 5.41) is 3.10. The summed E-state index contributed by atoms with van der Waals surface area (Å²) in [6.07, 6.45) is 2.54. The maximum atomic E-state index is 13.6. The molecule has 1 heterocycles. The Kier molecular flexibility index (Phi) is 3.18. The molecular formula is C11H13F2NO2S. The van der Waals surface area contributed by atoms with E-state index in [2.05, 4.69) is 5.32 Å². The van der Waals surface area contributed by atoms with Crippen LogP contribution in [0.25, 0.3) is 0 Å². The Morgan fingerprint density at radius 1 is 1.29 bits per heavy atom. The Hall–Kier alpha value is -1.01. The van der Waals surface area contributed by atoms with Crippen LogP contribution in [-0.2, 0) is 9.84 Å². The maximum Gasteiger partial charge on any atom is 0.181 e. The molecule has 1 atom stereocenters. The third kappa shape index (κ3) is 2.47. The molecule has 1 fully saturated rings. The van der Waals surface area contributed by atoms with Gasteiger partial charge in [0.05, 0.1) is 0 Å². The molecule has 3 nitrogen and oxygen atoms in total. The summed E-state index contributed by atoms with van der Waals surface area (Å²) in [5.41, 5.74) is 0.463. The number of hydrogen-bond acceptors (Lipinski definition) is 3. The fourth-order valence-corrected chi connectivity index (χ4v) is 2.93. The molecule has 1 aromatic rings. The van der Waals surface area contributed by atoms with Crippen molar-refractivity contribution in [2.75, 3.05) is 12.8 Å². The van der Waals surface area contributed by atoms with Gasteiger partial charge < -0.3 is 5.32 Å². The van der Waals surface area contributed by atoms with Gasteiger partial charge in [0.2, 0.25) is 0 Å². The normalized spacial score (nSPS) is 20.8. The van der Waals surface area contributed by atoms with Gasteiger partial charge in [-0.1, -0.05) is 0 Å². The molecular weight excluding hydrogens is 248 g/mol. The van der Waals surface area contributed by atoms with E-state index in [4.69, 9.17) is 0 Å². The van der Waals surface area contributed by atoms with E-state index in [1.807, 2.05) is 0 Å². The molecule has 2 rings (SSSR count). The first-order valence-corrected chi connectivity index (χ1v) is 7.21. The number of sulfone groups is 1. The molecule has 1 N–H and O–H groups in total. The third-order valence-electron chi connectivity index (χ3n) is 2.85. The van der Waals surface area contributed by atoms with Crippen LogP contribution in [0.3, 0.4) is 0 Å². The highest BCUT2D eigenvalue weighted by atomic mass is 32.2. The first-order valence-electron chi connectivity index (χ1n) is 5.32. The third-order valence-corrected chi connectivity index (χ3v) is 3.99. The molecule has 1 aliphatic rings. The minimum absolute atomic E-state index is 0.0902. The lowest BCUT2D eigenvalue weighted by Crippen LogP contribution is -2.14. The summed E-state index contributed by atoms with van der Waals surface area (Å²) in [6, 6.07) is 2.11. The first-order chi connectivity index (χ1) is 7.89. The van der Waals surface area contributed by atoms with Crippen molar-refractivity contribution in [3.05, 3.63) is 29.3 Å². The molecule has 0 radical (unpaired) electrons. The molecule has 0 spiro atoms. The largest absolute Gasteiger partial charge is 0.310 e. The van der Waals surface area contributed by atoms with E-state index in [1.54, 1.807) is 0 Å². The summed E-state index contributed by atoms with van der Waals surface area (Å²) in [4.78, 5) is -0.848. The minimum Gasteiger partial charge on any atom is -0.310 e. The highest BCUT2D eigenvalue weighted by molar-refractivity contribution is 7.90. The second kappa shape index (κ2) is 4.34. The molecule has 6 heteroatoms. The molecule has 94 valence electrons. The summed E-state index contributed by atoms with van der Waals surface area (Å²) >= 11 is 0. The van der Waals surface area contributed by atoms with Crippen molar-refractivity contribution in [3.8, 4) is 0 Å². The van der Waals surface area contributed by atoms with Gasteiger partial charge in [0.1, 0.15) is 16.5 Å². The van der Waals surface area contributed by atoms with Gasteiger partial charge in [-0.3, -0.25) is 0 Å². The van der Waals surface area contributed by atoms with Crippen molar-refractivity contribution in [2.45, 2.75) is 23.8 Å². The summed E-state index contributed by atoms with van der Waals surface area (Å²) in [6.45, 7) is 0.807. The topological polar surface area (TPSA) is 46.2 Å². The maximum absolute atomic E-state index is 13.6. The molecule has 0 aliphatic carbocycles. The van der Waals surface area contributed by atoms with Crippen LogP contribution in [0.2, 0.25) is 0 Å². The molecule has 1 aromatic carbocycles. The number of hydrogen-bond donors (Lipinski definition) is 1. The predicted molar refractivity (Wildman–Crippen MR) is 59.4 cm³/mol. The van der Waals surface area contributed by atoms with Crippen molar-refractivity contribution in [1.82, 2.24) is 5.32 Å². The van der Waals surface area contributed by atoms with Crippen LogP contribution in [0.4, 0.5) is 8.78 Å². The number of benzene rings is 1. The quantitative estimate of drug-likeness (QED) is 0.883. The molecule has 17 heavy (non-hydrogen) atoms. The van der Waals surface area contributed by atoms with E-state index < -0.39 is 26.4 Å². The molecule has 0 saturated carbocycles. The fourth-order valence-electron chi connectivity index (χ4n) is 2.10. The van der Waals surface area contributed by atoms with Gasteiger partial charge in [-0.2, -0.15) is 0 Å². The summed E-state index contributed by atoms with van der Waals surface area (Å²) < 4.78 is 49.6. The summed E-state index contributed by atoms with van der Waals surface area (Å²) in [5.74, 6) is -2.03. The van der Waals surface area contributed by atoms with Crippen molar-refractivity contribution >= 4 is 9.84 Å². The standard InChI is InChI=1S/C11H13F2NO2S/c1-17(15,16)11-8(12)5-7(6-9(11)13)10-3-2-4-14-10/h5-6,10,14H,2-4H2,1H3. The zero-order valence-electron chi connectivity index (χ0n) is 9.33. The Balaban J connectivity index is 2.48. The molecule has 0 bridgehead atoms. The van der Waals surface area contributed by atoms with E-state index in [0.717, 1.165) is 37.8 Å². The SMILES string of the molecule is CS(=O)(=O)c1c(F)cc(C2CCCN2)cc1F. The Morgan fingerprint density at radius 3 is 2.29 bits per heavy atom. The van der Waals surface area contributed by atoms with Crippen molar-refractivity contribution in [2.24, 2.45) is 0 Å². The van der Waals surface area contributed by atoms with Gasteiger partial charge in [-0.05, 0) is 37.1 Å². The highest BCUT2D eigenvalue weighted by Gasteiger charge is 2.24. The van der Waals surface area contributed by atoms with E-state index in [-0.39, 0.29) is 6.04 Å². The molecule has 1 aliphatic heterocycles. The molecule has 1 saturated heterocycles. The van der Waals surface area contributed by atoms with Gasteiger partial charge in [-0.15, -0.1) is 0 Å². The van der Waals surface area contributed by atoms with Crippen LogP contribution in [0.5, 0.6) is 0 Å². The smallest absolute Gasteiger partial charge is 0.181 e. The van der Waals surface area contributed by atoms with Crippen LogP contribution >= 0.6 is 0 Å². The Labute approximate surface area is 98.8 Å². The fraction of sp³-hybridized carbons (Fsp3) is 0.455. The number of rotatable bonds is 2. The van der Waals surface area contributed by atoms with Crippen molar-refractivity contribution < 1.29 is 17.2 Å². The van der Waals surface area contributed by atoms with Crippen LogP contribution in [0.1, 0.15) is 24.4 Å². The molecule has 1 unspecified atom stereocenters. The van der Waals surface area contributed by atoms with Gasteiger partial charge in [0.25, 0.3) is 0 Å². The summed E-state index contributed by atoms with van der Waals surface area (Å²) in [7, 11) is -3.87. The Bertz CT molecular complexity index is 513. The second-order valence-corrected chi connectivity index (χ2v) is 6.19. The van der Waals surface area contributed by atoms with Gasteiger partial charge >= 0.3 is 0 Å². The highest BCUT2D eigenvalue weighted by Crippen LogP contribution is 2.28. The predicted octanol–water partition coefficient (Wildman–Crippen LogP) is 1.79. The zero-order chi connectivity index (χ0) is 12.6. The monoisotopic (exact) mass is 261 g/mol. The van der Waals surface area contributed by atoms with Crippen molar-refractivity contribution in [3.63, 3.8) is 0 Å². The number of nitrogens with one attached hydrogen (secondary N) is 1. The first kappa shape index (κ1) is 12.4. The zero-order valence-corrected chi connectivity index (χ0v) is 10.2. The average molecular weight is 261 g/mol. The van der Waals surface area contributed by atoms with Gasteiger partial charge in [0, 0.05) is 12.3 Å².